The summed E-state index contributed by atoms with van der Waals surface area (Å²) in [4.78, 5) is 0. The second-order valence-corrected chi connectivity index (χ2v) is 3.08. The maximum Gasteiger partial charge on any atom is 0.119 e. The monoisotopic (exact) mass is 195 g/mol. The fourth-order valence-corrected chi connectivity index (χ4v) is 1.24. The minimum absolute atomic E-state index is 0.0636. The van der Waals surface area contributed by atoms with Crippen LogP contribution in [0, 0.1) is 0 Å². The standard InChI is InChI=1S/C11H17NO2/c1-9(14-7-6-12)10-4-3-5-11(8-10)13-2/h3-5,8-9H,6-7,12H2,1-2H3. The first kappa shape index (κ1) is 11.0. The van der Waals surface area contributed by atoms with Crippen LogP contribution in [-0.2, 0) is 4.74 Å². The molecule has 1 unspecified atom stereocenters. The van der Waals surface area contributed by atoms with E-state index in [0.717, 1.165) is 11.3 Å². The number of hydrogen-bond donors (Lipinski definition) is 1. The highest BCUT2D eigenvalue weighted by Crippen LogP contribution is 2.20. The molecule has 1 rings (SSSR count). The van der Waals surface area contributed by atoms with Gasteiger partial charge in [0, 0.05) is 6.54 Å². The van der Waals surface area contributed by atoms with Crippen molar-refractivity contribution in [3.8, 4) is 5.75 Å². The van der Waals surface area contributed by atoms with Crippen molar-refractivity contribution in [1.29, 1.82) is 0 Å². The molecule has 0 bridgehead atoms. The zero-order valence-electron chi connectivity index (χ0n) is 8.69. The Labute approximate surface area is 84.8 Å². The van der Waals surface area contributed by atoms with Crippen molar-refractivity contribution in [2.24, 2.45) is 5.73 Å². The molecule has 78 valence electrons. The van der Waals surface area contributed by atoms with Crippen LogP contribution in [0.4, 0.5) is 0 Å². The zero-order valence-corrected chi connectivity index (χ0v) is 8.69. The fraction of sp³-hybridized carbons (Fsp3) is 0.455. The molecule has 0 fully saturated rings. The maximum atomic E-state index is 5.50. The Hall–Kier alpha value is -1.06. The summed E-state index contributed by atoms with van der Waals surface area (Å²) < 4.78 is 10.6. The van der Waals surface area contributed by atoms with Gasteiger partial charge in [-0.2, -0.15) is 0 Å². The maximum absolute atomic E-state index is 5.50. The molecule has 0 amide bonds. The Kier molecular flexibility index (Phi) is 4.43. The van der Waals surface area contributed by atoms with Gasteiger partial charge in [-0.15, -0.1) is 0 Å². The lowest BCUT2D eigenvalue weighted by atomic mass is 10.1. The minimum atomic E-state index is 0.0636. The third-order valence-corrected chi connectivity index (χ3v) is 2.05. The number of methoxy groups -OCH3 is 1. The Morgan fingerprint density at radius 3 is 2.86 bits per heavy atom. The molecule has 0 spiro atoms. The number of ether oxygens (including phenoxy) is 2. The average molecular weight is 195 g/mol. The quantitative estimate of drug-likeness (QED) is 0.778. The highest BCUT2D eigenvalue weighted by Gasteiger charge is 2.05. The van der Waals surface area contributed by atoms with Crippen molar-refractivity contribution >= 4 is 0 Å². The van der Waals surface area contributed by atoms with Crippen molar-refractivity contribution in [2.75, 3.05) is 20.3 Å². The van der Waals surface area contributed by atoms with Gasteiger partial charge in [0.05, 0.1) is 19.8 Å². The second-order valence-electron chi connectivity index (χ2n) is 3.08. The van der Waals surface area contributed by atoms with Crippen LogP contribution >= 0.6 is 0 Å². The zero-order chi connectivity index (χ0) is 10.4. The predicted molar refractivity (Wildman–Crippen MR) is 56.4 cm³/mol. The summed E-state index contributed by atoms with van der Waals surface area (Å²) in [5, 5.41) is 0. The molecule has 1 aromatic carbocycles. The van der Waals surface area contributed by atoms with Gasteiger partial charge in [0.1, 0.15) is 5.75 Å². The van der Waals surface area contributed by atoms with E-state index in [4.69, 9.17) is 15.2 Å². The third kappa shape index (κ3) is 3.01. The van der Waals surface area contributed by atoms with Crippen LogP contribution in [-0.4, -0.2) is 20.3 Å². The van der Waals surface area contributed by atoms with Gasteiger partial charge in [-0.3, -0.25) is 0 Å². The van der Waals surface area contributed by atoms with E-state index in [1.807, 2.05) is 31.2 Å². The first-order valence-corrected chi connectivity index (χ1v) is 4.73. The molecule has 0 radical (unpaired) electrons. The first-order chi connectivity index (χ1) is 6.77. The van der Waals surface area contributed by atoms with E-state index >= 15 is 0 Å². The Bertz CT molecular complexity index is 276. The van der Waals surface area contributed by atoms with Gasteiger partial charge in [-0.1, -0.05) is 12.1 Å². The lowest BCUT2D eigenvalue weighted by molar-refractivity contribution is 0.0716. The van der Waals surface area contributed by atoms with E-state index in [0.29, 0.717) is 13.2 Å². The summed E-state index contributed by atoms with van der Waals surface area (Å²) >= 11 is 0. The van der Waals surface area contributed by atoms with E-state index in [9.17, 15) is 0 Å². The van der Waals surface area contributed by atoms with Crippen LogP contribution in [0.15, 0.2) is 24.3 Å². The molecule has 0 aliphatic heterocycles. The van der Waals surface area contributed by atoms with Gasteiger partial charge in [-0.25, -0.2) is 0 Å². The van der Waals surface area contributed by atoms with Crippen molar-refractivity contribution in [2.45, 2.75) is 13.0 Å². The molecule has 0 aliphatic rings. The summed E-state index contributed by atoms with van der Waals surface area (Å²) in [6, 6.07) is 7.86. The van der Waals surface area contributed by atoms with Crippen molar-refractivity contribution in [1.82, 2.24) is 0 Å². The minimum Gasteiger partial charge on any atom is -0.497 e. The lowest BCUT2D eigenvalue weighted by Gasteiger charge is -2.13. The summed E-state index contributed by atoms with van der Waals surface area (Å²) in [5.41, 5.74) is 6.47. The third-order valence-electron chi connectivity index (χ3n) is 2.05. The molecule has 14 heavy (non-hydrogen) atoms. The van der Waals surface area contributed by atoms with E-state index < -0.39 is 0 Å². The van der Waals surface area contributed by atoms with Crippen molar-refractivity contribution in [3.05, 3.63) is 29.8 Å². The Morgan fingerprint density at radius 1 is 1.43 bits per heavy atom. The van der Waals surface area contributed by atoms with Gasteiger partial charge < -0.3 is 15.2 Å². The number of rotatable bonds is 5. The molecule has 1 aromatic rings. The molecule has 1 atom stereocenters. The molecule has 3 nitrogen and oxygen atoms in total. The van der Waals surface area contributed by atoms with Crippen molar-refractivity contribution < 1.29 is 9.47 Å². The van der Waals surface area contributed by atoms with Crippen LogP contribution in [0.25, 0.3) is 0 Å². The highest BCUT2D eigenvalue weighted by atomic mass is 16.5. The largest absolute Gasteiger partial charge is 0.497 e. The van der Waals surface area contributed by atoms with E-state index in [-0.39, 0.29) is 6.10 Å². The smallest absolute Gasteiger partial charge is 0.119 e. The Morgan fingerprint density at radius 2 is 2.21 bits per heavy atom. The first-order valence-electron chi connectivity index (χ1n) is 4.73. The summed E-state index contributed by atoms with van der Waals surface area (Å²) in [5.74, 6) is 0.852. The number of benzene rings is 1. The SMILES string of the molecule is COc1cccc(C(C)OCCN)c1. The summed E-state index contributed by atoms with van der Waals surface area (Å²) in [6.07, 6.45) is 0.0636. The average Bonchev–Trinajstić information content (AvgIpc) is 2.26. The molecular formula is C11H17NO2. The van der Waals surface area contributed by atoms with Crippen molar-refractivity contribution in [3.63, 3.8) is 0 Å². The van der Waals surface area contributed by atoms with Gasteiger partial charge in [0.25, 0.3) is 0 Å². The van der Waals surface area contributed by atoms with E-state index in [2.05, 4.69) is 0 Å². The topological polar surface area (TPSA) is 44.5 Å². The molecule has 0 aromatic heterocycles. The van der Waals surface area contributed by atoms with Gasteiger partial charge in [0.2, 0.25) is 0 Å². The molecule has 0 saturated heterocycles. The molecule has 0 saturated carbocycles. The van der Waals surface area contributed by atoms with Crippen LogP contribution in [0.2, 0.25) is 0 Å². The van der Waals surface area contributed by atoms with Crippen LogP contribution < -0.4 is 10.5 Å². The second kappa shape index (κ2) is 5.62. The summed E-state index contributed by atoms with van der Waals surface area (Å²) in [7, 11) is 1.66. The molecule has 0 aliphatic carbocycles. The van der Waals surface area contributed by atoms with Crippen LogP contribution in [0.3, 0.4) is 0 Å². The number of nitrogens with two attached hydrogens (primary N) is 1. The highest BCUT2D eigenvalue weighted by molar-refractivity contribution is 5.29. The lowest BCUT2D eigenvalue weighted by Crippen LogP contribution is -2.10. The molecule has 3 heteroatoms. The number of hydrogen-bond acceptors (Lipinski definition) is 3. The van der Waals surface area contributed by atoms with Crippen LogP contribution in [0.1, 0.15) is 18.6 Å². The Balaban J connectivity index is 2.64. The normalized spacial score (nSPS) is 12.5. The van der Waals surface area contributed by atoms with Gasteiger partial charge >= 0.3 is 0 Å². The molecule has 0 heterocycles. The van der Waals surface area contributed by atoms with E-state index in [1.54, 1.807) is 7.11 Å². The van der Waals surface area contributed by atoms with Gasteiger partial charge in [-0.05, 0) is 24.6 Å². The molecular weight excluding hydrogens is 178 g/mol. The fourth-order valence-electron chi connectivity index (χ4n) is 1.24. The molecule has 2 N–H and O–H groups in total. The predicted octanol–water partition coefficient (Wildman–Crippen LogP) is 1.73. The van der Waals surface area contributed by atoms with E-state index in [1.165, 1.54) is 0 Å². The van der Waals surface area contributed by atoms with Crippen LogP contribution in [0.5, 0.6) is 5.75 Å². The summed E-state index contributed by atoms with van der Waals surface area (Å²) in [6.45, 7) is 3.14. The van der Waals surface area contributed by atoms with Gasteiger partial charge in [0.15, 0.2) is 0 Å².